The van der Waals surface area contributed by atoms with Crippen LogP contribution in [0.15, 0.2) is 0 Å². The molecule has 1 N–H and O–H groups in total. The van der Waals surface area contributed by atoms with E-state index in [0.717, 1.165) is 6.42 Å². The first-order valence-corrected chi connectivity index (χ1v) is 3.28. The third-order valence-corrected chi connectivity index (χ3v) is 1.80. The predicted octanol–water partition coefficient (Wildman–Crippen LogP) is 0.530. The monoisotopic (exact) mass is 214 g/mol. The first kappa shape index (κ1) is 5.78. The first-order chi connectivity index (χ1) is 3.21. The van der Waals surface area contributed by atoms with Crippen LogP contribution >= 0.6 is 22.6 Å². The van der Waals surface area contributed by atoms with E-state index in [9.17, 15) is 0 Å². The van der Waals surface area contributed by atoms with Crippen molar-refractivity contribution in [2.24, 2.45) is 0 Å². The summed E-state index contributed by atoms with van der Waals surface area (Å²) in [4.78, 5) is 0. The molecule has 1 rings (SSSR count). The highest BCUT2D eigenvalue weighted by atomic mass is 127. The molecule has 0 aliphatic carbocycles. The van der Waals surface area contributed by atoms with Gasteiger partial charge in [-0.25, -0.2) is 0 Å². The summed E-state index contributed by atoms with van der Waals surface area (Å²) in [6.07, 6.45) is 0.771. The van der Waals surface area contributed by atoms with E-state index >= 15 is 0 Å². The summed E-state index contributed by atoms with van der Waals surface area (Å²) in [5.41, 5.74) is 0. The summed E-state index contributed by atoms with van der Waals surface area (Å²) in [6, 6.07) is 0. The van der Waals surface area contributed by atoms with Gasteiger partial charge in [0.05, 0.1) is 13.2 Å². The molecule has 1 aliphatic rings. The maximum Gasteiger partial charge on any atom is 0.141 e. The Morgan fingerprint density at radius 2 is 2.43 bits per heavy atom. The normalized spacial score (nSPS) is 42.0. The van der Waals surface area contributed by atoms with Crippen LogP contribution in [0.3, 0.4) is 0 Å². The molecule has 0 spiro atoms. The second kappa shape index (κ2) is 1.87. The average molecular weight is 214 g/mol. The lowest BCUT2D eigenvalue weighted by atomic mass is 10.3. The van der Waals surface area contributed by atoms with Gasteiger partial charge in [-0.05, 0) is 22.6 Å². The third kappa shape index (κ3) is 1.54. The van der Waals surface area contributed by atoms with Gasteiger partial charge >= 0.3 is 0 Å². The molecule has 42 valence electrons. The highest BCUT2D eigenvalue weighted by Crippen LogP contribution is 2.24. The smallest absolute Gasteiger partial charge is 0.141 e. The number of halogens is 1. The minimum Gasteiger partial charge on any atom is -0.377 e. The van der Waals surface area contributed by atoms with Gasteiger partial charge in [0.2, 0.25) is 0 Å². The minimum atomic E-state index is -0.558. The molecule has 0 aromatic heterocycles. The van der Waals surface area contributed by atoms with Crippen LogP contribution in [-0.2, 0) is 4.74 Å². The molecule has 1 saturated heterocycles. The molecule has 0 amide bonds. The molecule has 0 radical (unpaired) electrons. The SMILES string of the molecule is O[C@@]1(I)CCOC1. The van der Waals surface area contributed by atoms with Crippen molar-refractivity contribution in [1.29, 1.82) is 0 Å². The zero-order chi connectivity index (χ0) is 5.33. The van der Waals surface area contributed by atoms with Crippen LogP contribution < -0.4 is 0 Å². The number of hydrogen-bond donors (Lipinski definition) is 1. The van der Waals surface area contributed by atoms with Gasteiger partial charge in [-0.1, -0.05) is 0 Å². The number of hydrogen-bond acceptors (Lipinski definition) is 2. The fourth-order valence-corrected chi connectivity index (χ4v) is 0.970. The molecule has 1 fully saturated rings. The Balaban J connectivity index is 2.40. The Morgan fingerprint density at radius 3 is 2.57 bits per heavy atom. The zero-order valence-corrected chi connectivity index (χ0v) is 6.01. The van der Waals surface area contributed by atoms with Crippen LogP contribution in [0.1, 0.15) is 6.42 Å². The number of rotatable bonds is 0. The molecule has 0 bridgehead atoms. The van der Waals surface area contributed by atoms with Crippen LogP contribution in [0, 0.1) is 0 Å². The minimum absolute atomic E-state index is 0.494. The standard InChI is InChI=1S/C4H7IO2/c5-4(6)1-2-7-3-4/h6H,1-3H2/t4-/m0/s1. The first-order valence-electron chi connectivity index (χ1n) is 2.20. The number of alkyl halides is 1. The lowest BCUT2D eigenvalue weighted by Crippen LogP contribution is -2.17. The van der Waals surface area contributed by atoms with Crippen molar-refractivity contribution in [2.45, 2.75) is 10.0 Å². The lowest BCUT2D eigenvalue weighted by Gasteiger charge is -2.07. The van der Waals surface area contributed by atoms with E-state index in [1.807, 2.05) is 22.6 Å². The van der Waals surface area contributed by atoms with Crippen molar-refractivity contribution < 1.29 is 9.84 Å². The van der Waals surface area contributed by atoms with E-state index in [-0.39, 0.29) is 0 Å². The van der Waals surface area contributed by atoms with Gasteiger partial charge in [0.15, 0.2) is 0 Å². The Hall–Kier alpha value is 0.650. The van der Waals surface area contributed by atoms with E-state index < -0.39 is 3.61 Å². The van der Waals surface area contributed by atoms with E-state index in [0.29, 0.717) is 13.2 Å². The predicted molar refractivity (Wildman–Crippen MR) is 34.4 cm³/mol. The van der Waals surface area contributed by atoms with Crippen LogP contribution in [0.25, 0.3) is 0 Å². The quantitative estimate of drug-likeness (QED) is 0.470. The summed E-state index contributed by atoms with van der Waals surface area (Å²) in [7, 11) is 0. The third-order valence-electron chi connectivity index (χ3n) is 0.953. The van der Waals surface area contributed by atoms with Crippen LogP contribution in [-0.4, -0.2) is 21.9 Å². The Labute approximate surface area is 56.0 Å². The van der Waals surface area contributed by atoms with Gasteiger partial charge in [0.1, 0.15) is 3.61 Å². The Morgan fingerprint density at radius 1 is 1.71 bits per heavy atom. The number of ether oxygens (including phenoxy) is 1. The van der Waals surface area contributed by atoms with E-state index in [2.05, 4.69) is 0 Å². The van der Waals surface area contributed by atoms with Gasteiger partial charge in [0, 0.05) is 6.42 Å². The molecule has 0 aromatic carbocycles. The van der Waals surface area contributed by atoms with Crippen molar-refractivity contribution in [3.63, 3.8) is 0 Å². The van der Waals surface area contributed by atoms with Crippen LogP contribution in [0.2, 0.25) is 0 Å². The summed E-state index contributed by atoms with van der Waals surface area (Å²) in [5.74, 6) is 0. The molecule has 1 aliphatic heterocycles. The van der Waals surface area contributed by atoms with E-state index in [1.165, 1.54) is 0 Å². The summed E-state index contributed by atoms with van der Waals surface area (Å²) in [5, 5.41) is 9.06. The summed E-state index contributed by atoms with van der Waals surface area (Å²) in [6.45, 7) is 1.20. The lowest BCUT2D eigenvalue weighted by molar-refractivity contribution is 0.115. The second-order valence-corrected chi connectivity index (χ2v) is 3.73. The van der Waals surface area contributed by atoms with Crippen molar-refractivity contribution in [3.05, 3.63) is 0 Å². The summed E-state index contributed by atoms with van der Waals surface area (Å²) < 4.78 is 4.34. The molecule has 2 nitrogen and oxygen atoms in total. The average Bonchev–Trinajstić information content (AvgIpc) is 1.84. The molecule has 7 heavy (non-hydrogen) atoms. The van der Waals surface area contributed by atoms with E-state index in [1.54, 1.807) is 0 Å². The molecule has 1 heterocycles. The number of aliphatic hydroxyl groups is 1. The Bertz CT molecular complexity index is 64.1. The van der Waals surface area contributed by atoms with Crippen molar-refractivity contribution >= 4 is 22.6 Å². The zero-order valence-electron chi connectivity index (χ0n) is 3.85. The Kier molecular flexibility index (Phi) is 1.55. The topological polar surface area (TPSA) is 29.5 Å². The largest absolute Gasteiger partial charge is 0.377 e. The fraction of sp³-hybridized carbons (Fsp3) is 1.00. The van der Waals surface area contributed by atoms with Crippen molar-refractivity contribution in [1.82, 2.24) is 0 Å². The molecular weight excluding hydrogens is 207 g/mol. The van der Waals surface area contributed by atoms with E-state index in [4.69, 9.17) is 9.84 Å². The summed E-state index contributed by atoms with van der Waals surface area (Å²) >= 11 is 2.00. The fourth-order valence-electron chi connectivity index (χ4n) is 0.529. The maximum absolute atomic E-state index is 9.06. The van der Waals surface area contributed by atoms with Gasteiger partial charge in [-0.15, -0.1) is 0 Å². The van der Waals surface area contributed by atoms with Gasteiger partial charge < -0.3 is 9.84 Å². The molecule has 0 aromatic rings. The molecule has 1 atom stereocenters. The molecule has 3 heteroatoms. The highest BCUT2D eigenvalue weighted by molar-refractivity contribution is 14.1. The van der Waals surface area contributed by atoms with Crippen LogP contribution in [0.4, 0.5) is 0 Å². The van der Waals surface area contributed by atoms with Gasteiger partial charge in [-0.3, -0.25) is 0 Å². The molecule has 0 unspecified atom stereocenters. The maximum atomic E-state index is 9.06. The highest BCUT2D eigenvalue weighted by Gasteiger charge is 2.27. The van der Waals surface area contributed by atoms with Gasteiger partial charge in [-0.2, -0.15) is 0 Å². The van der Waals surface area contributed by atoms with Crippen molar-refractivity contribution in [3.8, 4) is 0 Å². The van der Waals surface area contributed by atoms with Gasteiger partial charge in [0.25, 0.3) is 0 Å². The van der Waals surface area contributed by atoms with Crippen molar-refractivity contribution in [2.75, 3.05) is 13.2 Å². The molecular formula is C4H7IO2. The second-order valence-electron chi connectivity index (χ2n) is 1.72. The van der Waals surface area contributed by atoms with Crippen LogP contribution in [0.5, 0.6) is 0 Å². The molecule has 0 saturated carbocycles.